The molecule has 0 atom stereocenters. The van der Waals surface area contributed by atoms with E-state index in [1.807, 2.05) is 22.2 Å². The van der Waals surface area contributed by atoms with Gasteiger partial charge < -0.3 is 9.88 Å². The van der Waals surface area contributed by atoms with Gasteiger partial charge in [-0.15, -0.1) is 0 Å². The number of imidazole rings is 1. The van der Waals surface area contributed by atoms with Crippen LogP contribution in [0.25, 0.3) is 27.8 Å². The topological polar surface area (TPSA) is 71.2 Å². The summed E-state index contributed by atoms with van der Waals surface area (Å²) in [6.07, 6.45) is 7.92. The molecule has 3 aromatic heterocycles. The number of pyridine rings is 1. The number of nitrogens with one attached hydrogen (secondary N) is 1. The quantitative estimate of drug-likeness (QED) is 0.565. The first kappa shape index (κ1) is 19.1. The van der Waals surface area contributed by atoms with Gasteiger partial charge in [-0.05, 0) is 88.5 Å². The highest BCUT2D eigenvalue weighted by atomic mass is 16.1. The lowest BCUT2D eigenvalue weighted by Crippen LogP contribution is -2.34. The molecule has 1 fully saturated rings. The second-order valence-corrected chi connectivity index (χ2v) is 8.85. The third-order valence-electron chi connectivity index (χ3n) is 6.69. The fraction of sp³-hybridized carbons (Fsp3) is 0.435. The van der Waals surface area contributed by atoms with Gasteiger partial charge in [0.15, 0.2) is 5.65 Å². The summed E-state index contributed by atoms with van der Waals surface area (Å²) < 4.78 is 3.80. The van der Waals surface area contributed by atoms with Crippen molar-refractivity contribution in [3.63, 3.8) is 0 Å². The molecule has 0 bridgehead atoms. The van der Waals surface area contributed by atoms with Crippen molar-refractivity contribution < 1.29 is 0 Å². The molecule has 30 heavy (non-hydrogen) atoms. The van der Waals surface area contributed by atoms with Crippen LogP contribution in [0, 0.1) is 13.8 Å². The van der Waals surface area contributed by atoms with Crippen molar-refractivity contribution in [2.24, 2.45) is 0 Å². The van der Waals surface area contributed by atoms with Crippen LogP contribution in [0.5, 0.6) is 0 Å². The summed E-state index contributed by atoms with van der Waals surface area (Å²) in [5, 5.41) is 4.30. The van der Waals surface area contributed by atoms with Crippen LogP contribution >= 0.6 is 0 Å². The van der Waals surface area contributed by atoms with Crippen LogP contribution in [0.2, 0.25) is 0 Å². The molecule has 3 heterocycles. The van der Waals surface area contributed by atoms with E-state index in [1.165, 1.54) is 0 Å². The third kappa shape index (κ3) is 3.04. The molecule has 0 saturated heterocycles. The smallest absolute Gasteiger partial charge is 0.306 e. The molecule has 0 aliphatic heterocycles. The van der Waals surface area contributed by atoms with E-state index in [0.29, 0.717) is 6.04 Å². The summed E-state index contributed by atoms with van der Waals surface area (Å²) in [6.45, 7) is 4.16. The highest BCUT2D eigenvalue weighted by Gasteiger charge is 2.26. The van der Waals surface area contributed by atoms with E-state index in [1.54, 1.807) is 6.33 Å². The molecule has 0 radical (unpaired) electrons. The van der Waals surface area contributed by atoms with Crippen molar-refractivity contribution in [1.82, 2.24) is 29.0 Å². The van der Waals surface area contributed by atoms with Crippen molar-refractivity contribution in [1.29, 1.82) is 0 Å². The van der Waals surface area contributed by atoms with Crippen LogP contribution in [-0.2, 0) is 0 Å². The average molecular weight is 405 g/mol. The molecular formula is C23H28N6O. The van der Waals surface area contributed by atoms with Gasteiger partial charge in [-0.2, -0.15) is 5.10 Å². The molecule has 0 amide bonds. The number of rotatable bonds is 3. The Morgan fingerprint density at radius 1 is 1.07 bits per heavy atom. The Morgan fingerprint density at radius 2 is 1.83 bits per heavy atom. The molecule has 7 nitrogen and oxygen atoms in total. The van der Waals surface area contributed by atoms with Crippen molar-refractivity contribution in [3.05, 3.63) is 52.3 Å². The summed E-state index contributed by atoms with van der Waals surface area (Å²) in [4.78, 5) is 22.6. The molecule has 1 N–H and O–H groups in total. The first-order valence-electron chi connectivity index (χ1n) is 10.6. The van der Waals surface area contributed by atoms with E-state index >= 15 is 0 Å². The molecule has 156 valence electrons. The molecular weight excluding hydrogens is 376 g/mol. The summed E-state index contributed by atoms with van der Waals surface area (Å²) in [6, 6.07) is 7.27. The fourth-order valence-electron chi connectivity index (χ4n) is 5.02. The Bertz CT molecular complexity index is 1290. The maximum Gasteiger partial charge on any atom is 0.326 e. The number of hydrogen-bond donors (Lipinski definition) is 1. The predicted molar refractivity (Wildman–Crippen MR) is 119 cm³/mol. The molecule has 0 spiro atoms. The van der Waals surface area contributed by atoms with Gasteiger partial charge in [-0.3, -0.25) is 4.57 Å². The second-order valence-electron chi connectivity index (χ2n) is 8.85. The van der Waals surface area contributed by atoms with Crippen LogP contribution in [0.1, 0.15) is 42.9 Å². The number of aromatic amines is 1. The van der Waals surface area contributed by atoms with E-state index in [4.69, 9.17) is 0 Å². The lowest BCUT2D eigenvalue weighted by Gasteiger charge is -2.33. The van der Waals surface area contributed by atoms with Gasteiger partial charge in [0.05, 0.1) is 11.0 Å². The van der Waals surface area contributed by atoms with Crippen LogP contribution < -0.4 is 5.69 Å². The summed E-state index contributed by atoms with van der Waals surface area (Å²) in [7, 11) is 4.29. The van der Waals surface area contributed by atoms with Gasteiger partial charge in [0, 0.05) is 23.8 Å². The lowest BCUT2D eigenvalue weighted by atomic mass is 9.90. The molecule has 1 aliphatic carbocycles. The second kappa shape index (κ2) is 7.09. The van der Waals surface area contributed by atoms with E-state index < -0.39 is 0 Å². The number of benzene rings is 1. The maximum atomic E-state index is 12.9. The number of aromatic nitrogens is 5. The molecule has 1 aromatic carbocycles. The Balaban J connectivity index is 1.56. The lowest BCUT2D eigenvalue weighted by molar-refractivity contribution is 0.195. The van der Waals surface area contributed by atoms with Crippen molar-refractivity contribution in [3.8, 4) is 11.1 Å². The van der Waals surface area contributed by atoms with Crippen LogP contribution in [0.4, 0.5) is 0 Å². The zero-order valence-electron chi connectivity index (χ0n) is 18.0. The number of H-pyrrole nitrogens is 1. The monoisotopic (exact) mass is 404 g/mol. The highest BCUT2D eigenvalue weighted by Crippen LogP contribution is 2.34. The van der Waals surface area contributed by atoms with Crippen LogP contribution in [0.15, 0.2) is 35.5 Å². The minimum absolute atomic E-state index is 0.00207. The van der Waals surface area contributed by atoms with Crippen LogP contribution in [0.3, 0.4) is 0 Å². The number of fused-ring (bicyclic) bond motifs is 2. The van der Waals surface area contributed by atoms with Crippen molar-refractivity contribution >= 4 is 16.7 Å². The summed E-state index contributed by atoms with van der Waals surface area (Å²) >= 11 is 0. The van der Waals surface area contributed by atoms with E-state index in [0.717, 1.165) is 64.6 Å². The zero-order valence-corrected chi connectivity index (χ0v) is 18.0. The molecule has 1 aliphatic rings. The molecule has 4 aromatic rings. The number of aryl methyl sites for hydroxylation is 2. The molecule has 1 saturated carbocycles. The largest absolute Gasteiger partial charge is 0.326 e. The minimum atomic E-state index is -0.00207. The Labute approximate surface area is 175 Å². The van der Waals surface area contributed by atoms with E-state index in [2.05, 4.69) is 59.2 Å². The Morgan fingerprint density at radius 3 is 2.57 bits per heavy atom. The van der Waals surface area contributed by atoms with Gasteiger partial charge in [0.25, 0.3) is 0 Å². The van der Waals surface area contributed by atoms with Gasteiger partial charge in [0.2, 0.25) is 0 Å². The normalized spacial score (nSPS) is 19.9. The number of nitrogens with zero attached hydrogens (tertiary/aromatic N) is 5. The standard InChI is InChI=1S/C23H28N6O/c1-14-10-21-20(11-19(14)16-9-15(2)22-24-13-25-28(22)12-16)26-23(30)29(21)18-7-5-17(6-8-18)27(3)4/h9-13,17-18H,5-8H2,1-4H3,(H,26,30)/t17-,18+. The predicted octanol–water partition coefficient (Wildman–Crippen LogP) is 3.70. The summed E-state index contributed by atoms with van der Waals surface area (Å²) in [5.74, 6) is 0. The third-order valence-corrected chi connectivity index (χ3v) is 6.69. The first-order chi connectivity index (χ1) is 14.4. The molecule has 5 rings (SSSR count). The zero-order chi connectivity index (χ0) is 21.0. The maximum absolute atomic E-state index is 12.9. The van der Waals surface area contributed by atoms with Crippen LogP contribution in [-0.4, -0.2) is 49.2 Å². The van der Waals surface area contributed by atoms with Gasteiger partial charge in [-0.1, -0.05) is 0 Å². The van der Waals surface area contributed by atoms with Gasteiger partial charge >= 0.3 is 5.69 Å². The summed E-state index contributed by atoms with van der Waals surface area (Å²) in [5.41, 5.74) is 7.17. The van der Waals surface area contributed by atoms with E-state index in [9.17, 15) is 4.79 Å². The van der Waals surface area contributed by atoms with Crippen molar-refractivity contribution in [2.45, 2.75) is 51.6 Å². The Hall–Kier alpha value is -2.93. The minimum Gasteiger partial charge on any atom is -0.306 e. The highest BCUT2D eigenvalue weighted by molar-refractivity contribution is 5.84. The first-order valence-corrected chi connectivity index (χ1v) is 10.6. The molecule has 7 heteroatoms. The molecule has 0 unspecified atom stereocenters. The van der Waals surface area contributed by atoms with Gasteiger partial charge in [0.1, 0.15) is 6.33 Å². The Kier molecular flexibility index (Phi) is 4.50. The SMILES string of the molecule is Cc1cc2c(cc1-c1cc(C)c3ncnn3c1)[nH]c(=O)n2[C@H]1CC[C@@H](N(C)C)CC1. The fourth-order valence-corrected chi connectivity index (χ4v) is 5.02. The number of hydrogen-bond acceptors (Lipinski definition) is 4. The van der Waals surface area contributed by atoms with E-state index in [-0.39, 0.29) is 11.7 Å². The van der Waals surface area contributed by atoms with Gasteiger partial charge in [-0.25, -0.2) is 14.3 Å². The average Bonchev–Trinajstić information content (AvgIpc) is 3.31. The van der Waals surface area contributed by atoms with Crippen molar-refractivity contribution in [2.75, 3.05) is 14.1 Å².